The molecule has 0 saturated heterocycles. The van der Waals surface area contributed by atoms with Crippen LogP contribution in [-0.4, -0.2) is 16.0 Å². The number of nitrogens with zero attached hydrogens (tertiary/aromatic N) is 3. The van der Waals surface area contributed by atoms with Crippen molar-refractivity contribution >= 4 is 23.5 Å². The molecule has 0 unspecified atom stereocenters. The molecule has 9 nitrogen and oxygen atoms in total. The fraction of sp³-hybridized carbons (Fsp3) is 0.0952. The maximum absolute atomic E-state index is 12.2. The molecule has 0 radical (unpaired) electrons. The Balaban J connectivity index is 1.66. The molecule has 0 atom stereocenters. The molecule has 3 aromatic rings. The third-order valence-electron chi connectivity index (χ3n) is 4.01. The van der Waals surface area contributed by atoms with E-state index in [1.54, 1.807) is 49.4 Å². The highest BCUT2D eigenvalue weighted by Gasteiger charge is 2.13. The van der Waals surface area contributed by atoms with Crippen molar-refractivity contribution in [2.75, 3.05) is 5.32 Å². The molecule has 0 bridgehead atoms. The summed E-state index contributed by atoms with van der Waals surface area (Å²) in [4.78, 5) is 22.8. The van der Waals surface area contributed by atoms with E-state index >= 15 is 0 Å². The third-order valence-corrected chi connectivity index (χ3v) is 4.01. The van der Waals surface area contributed by atoms with Crippen LogP contribution in [0, 0.1) is 28.4 Å². The minimum Gasteiger partial charge on any atom is -0.489 e. The predicted octanol–water partition coefficient (Wildman–Crippen LogP) is 4.02. The number of aryl methyl sites for hydroxylation is 1. The lowest BCUT2D eigenvalue weighted by atomic mass is 10.1. The number of aromatic nitrogens is 1. The van der Waals surface area contributed by atoms with Crippen LogP contribution < -0.4 is 10.1 Å². The number of benzene rings is 2. The van der Waals surface area contributed by atoms with Crippen molar-refractivity contribution in [2.24, 2.45) is 0 Å². The van der Waals surface area contributed by atoms with Gasteiger partial charge in [0.1, 0.15) is 29.8 Å². The van der Waals surface area contributed by atoms with Crippen LogP contribution in [0.25, 0.3) is 6.08 Å². The van der Waals surface area contributed by atoms with Crippen molar-refractivity contribution in [1.29, 1.82) is 5.26 Å². The highest BCUT2D eigenvalue weighted by molar-refractivity contribution is 6.09. The second-order valence-corrected chi connectivity index (χ2v) is 6.19. The van der Waals surface area contributed by atoms with Gasteiger partial charge in [-0.15, -0.1) is 0 Å². The van der Waals surface area contributed by atoms with Crippen LogP contribution in [0.3, 0.4) is 0 Å². The Morgan fingerprint density at radius 3 is 2.67 bits per heavy atom. The molecule has 0 fully saturated rings. The van der Waals surface area contributed by atoms with Gasteiger partial charge in [-0.05, 0) is 36.8 Å². The molecule has 1 heterocycles. The Kier molecular flexibility index (Phi) is 6.20. The summed E-state index contributed by atoms with van der Waals surface area (Å²) in [6.07, 6.45) is 1.42. The van der Waals surface area contributed by atoms with E-state index in [0.717, 1.165) is 0 Å². The molecule has 1 N–H and O–H groups in total. The van der Waals surface area contributed by atoms with Crippen molar-refractivity contribution in [2.45, 2.75) is 13.5 Å². The van der Waals surface area contributed by atoms with Gasteiger partial charge in [0.25, 0.3) is 11.6 Å². The lowest BCUT2D eigenvalue weighted by Gasteiger charge is -2.07. The number of nitrogens with one attached hydrogen (secondary N) is 1. The largest absolute Gasteiger partial charge is 0.489 e. The molecule has 0 aliphatic rings. The van der Waals surface area contributed by atoms with E-state index in [0.29, 0.717) is 22.6 Å². The molecule has 0 saturated carbocycles. The molecule has 2 aromatic carbocycles. The maximum atomic E-state index is 12.2. The molecule has 9 heteroatoms. The number of carbonyl (C=O) groups excluding carboxylic acids is 1. The molecule has 150 valence electrons. The second-order valence-electron chi connectivity index (χ2n) is 6.19. The highest BCUT2D eigenvalue weighted by atomic mass is 16.6. The molecule has 3 rings (SSSR count). The minimum absolute atomic E-state index is 0.0102. The Bertz CT molecular complexity index is 1140. The molecule has 30 heavy (non-hydrogen) atoms. The zero-order valence-corrected chi connectivity index (χ0v) is 15.9. The fourth-order valence-corrected chi connectivity index (χ4v) is 2.56. The molecule has 0 aliphatic heterocycles. The van der Waals surface area contributed by atoms with Crippen LogP contribution in [0.1, 0.15) is 16.9 Å². The summed E-state index contributed by atoms with van der Waals surface area (Å²) in [5.41, 5.74) is 0.947. The second kappa shape index (κ2) is 9.16. The number of ether oxygens (including phenoxy) is 1. The van der Waals surface area contributed by atoms with E-state index in [-0.39, 0.29) is 23.7 Å². The van der Waals surface area contributed by atoms with Crippen LogP contribution in [0.4, 0.5) is 11.5 Å². The normalized spacial score (nSPS) is 10.9. The number of nitro groups is 1. The summed E-state index contributed by atoms with van der Waals surface area (Å²) in [6.45, 7) is 1.72. The lowest BCUT2D eigenvalue weighted by Crippen LogP contribution is -2.13. The van der Waals surface area contributed by atoms with Gasteiger partial charge in [-0.3, -0.25) is 14.9 Å². The molecule has 1 amide bonds. The third kappa shape index (κ3) is 5.08. The van der Waals surface area contributed by atoms with E-state index in [4.69, 9.17) is 9.26 Å². The van der Waals surface area contributed by atoms with Gasteiger partial charge in [0.2, 0.25) is 0 Å². The lowest BCUT2D eigenvalue weighted by molar-refractivity contribution is -0.385. The standard InChI is InChI=1S/C21H16N4O5/c1-14-10-20(24-30-14)23-21(26)17(12-22)11-15-6-8-18(9-7-15)29-13-16-4-2-3-5-19(16)25(27)28/h2-11H,13H2,1H3,(H,23,24,26). The van der Waals surface area contributed by atoms with Gasteiger partial charge in [0, 0.05) is 12.1 Å². The predicted molar refractivity (Wildman–Crippen MR) is 107 cm³/mol. The van der Waals surface area contributed by atoms with Crippen LogP contribution >= 0.6 is 0 Å². The van der Waals surface area contributed by atoms with Crippen LogP contribution in [0.15, 0.2) is 64.7 Å². The molecule has 1 aromatic heterocycles. The van der Waals surface area contributed by atoms with Crippen LogP contribution in [-0.2, 0) is 11.4 Å². The van der Waals surface area contributed by atoms with Gasteiger partial charge in [-0.25, -0.2) is 0 Å². The highest BCUT2D eigenvalue weighted by Crippen LogP contribution is 2.21. The number of nitriles is 1. The summed E-state index contributed by atoms with van der Waals surface area (Å²) in [5.74, 6) is 0.635. The van der Waals surface area contributed by atoms with Gasteiger partial charge < -0.3 is 14.6 Å². The maximum Gasteiger partial charge on any atom is 0.276 e. The summed E-state index contributed by atoms with van der Waals surface area (Å²) in [5, 5.41) is 26.5. The molecular weight excluding hydrogens is 388 g/mol. The fourth-order valence-electron chi connectivity index (χ4n) is 2.56. The monoisotopic (exact) mass is 404 g/mol. The van der Waals surface area contributed by atoms with E-state index < -0.39 is 10.8 Å². The zero-order chi connectivity index (χ0) is 21.5. The number of nitro benzene ring substituents is 1. The van der Waals surface area contributed by atoms with E-state index in [2.05, 4.69) is 10.5 Å². The van der Waals surface area contributed by atoms with Crippen molar-refractivity contribution in [3.8, 4) is 11.8 Å². The number of para-hydroxylation sites is 1. The first kappa shape index (κ1) is 20.3. The van der Waals surface area contributed by atoms with E-state index in [9.17, 15) is 20.2 Å². The quantitative estimate of drug-likeness (QED) is 0.272. The van der Waals surface area contributed by atoms with Gasteiger partial charge in [-0.1, -0.05) is 29.4 Å². The average Bonchev–Trinajstić information content (AvgIpc) is 3.15. The molecule has 0 spiro atoms. The van der Waals surface area contributed by atoms with Gasteiger partial charge in [0.05, 0.1) is 10.5 Å². The summed E-state index contributed by atoms with van der Waals surface area (Å²) in [7, 11) is 0. The number of amides is 1. The van der Waals surface area contributed by atoms with Gasteiger partial charge in [-0.2, -0.15) is 5.26 Å². The van der Waals surface area contributed by atoms with Crippen molar-refractivity contribution in [3.63, 3.8) is 0 Å². The number of hydrogen-bond donors (Lipinski definition) is 1. The van der Waals surface area contributed by atoms with E-state index in [1.807, 2.05) is 6.07 Å². The SMILES string of the molecule is Cc1cc(NC(=O)C(C#N)=Cc2ccc(OCc3ccccc3[N+](=O)[O-])cc2)no1. The molecular formula is C21H16N4O5. The van der Waals surface area contributed by atoms with E-state index in [1.165, 1.54) is 18.2 Å². The van der Waals surface area contributed by atoms with Gasteiger partial charge in [0.15, 0.2) is 5.82 Å². The number of anilines is 1. The van der Waals surface area contributed by atoms with Crippen LogP contribution in [0.5, 0.6) is 5.75 Å². The number of rotatable bonds is 7. The summed E-state index contributed by atoms with van der Waals surface area (Å²) < 4.78 is 10.5. The number of hydrogen-bond acceptors (Lipinski definition) is 7. The minimum atomic E-state index is -0.609. The first-order chi connectivity index (χ1) is 14.5. The Hall–Kier alpha value is -4.45. The van der Waals surface area contributed by atoms with Gasteiger partial charge >= 0.3 is 0 Å². The summed E-state index contributed by atoms with van der Waals surface area (Å²) in [6, 6.07) is 16.4. The van der Waals surface area contributed by atoms with Crippen molar-refractivity contribution < 1.29 is 19.0 Å². The topological polar surface area (TPSA) is 131 Å². The molecule has 0 aliphatic carbocycles. The Morgan fingerprint density at radius 2 is 2.03 bits per heavy atom. The van der Waals surface area contributed by atoms with Crippen molar-refractivity contribution in [1.82, 2.24) is 5.16 Å². The zero-order valence-electron chi connectivity index (χ0n) is 15.9. The Morgan fingerprint density at radius 1 is 1.30 bits per heavy atom. The summed E-state index contributed by atoms with van der Waals surface area (Å²) >= 11 is 0. The first-order valence-corrected chi connectivity index (χ1v) is 8.78. The Labute approximate surface area is 171 Å². The van der Waals surface area contributed by atoms with Crippen LogP contribution in [0.2, 0.25) is 0 Å². The average molecular weight is 404 g/mol. The van der Waals surface area contributed by atoms with Crippen molar-refractivity contribution in [3.05, 3.63) is 87.2 Å². The smallest absolute Gasteiger partial charge is 0.276 e. The first-order valence-electron chi connectivity index (χ1n) is 8.78. The number of carbonyl (C=O) groups is 1.